The average Bonchev–Trinajstić information content (AvgIpc) is 2.98. The fraction of sp³-hybridized carbons (Fsp3) is 0.476. The zero-order valence-corrected chi connectivity index (χ0v) is 16.8. The van der Waals surface area contributed by atoms with Crippen molar-refractivity contribution in [1.29, 1.82) is 0 Å². The number of nitrogens with one attached hydrogen (secondary N) is 2. The Balaban J connectivity index is 1.97. The SMILES string of the molecule is CC(C)NC(=O)n1nc(-c2cc(NC(=O)C(C)C)ccc2O)cc1C1CCC1. The molecule has 2 amide bonds. The van der Waals surface area contributed by atoms with Crippen LogP contribution in [0.2, 0.25) is 0 Å². The van der Waals surface area contributed by atoms with Crippen LogP contribution in [0.25, 0.3) is 11.3 Å². The standard InChI is InChI=1S/C21H28N4O3/c1-12(2)20(27)23-15-8-9-19(26)16(10-15)17-11-18(14-6-5-7-14)25(24-17)21(28)22-13(3)4/h8-14,26H,5-7H2,1-4H3,(H,22,28)(H,23,27). The molecule has 0 atom stereocenters. The molecule has 150 valence electrons. The van der Waals surface area contributed by atoms with Crippen LogP contribution in [0, 0.1) is 5.92 Å². The Morgan fingerprint density at radius 1 is 1.18 bits per heavy atom. The van der Waals surface area contributed by atoms with E-state index >= 15 is 0 Å². The molecule has 7 heteroatoms. The lowest BCUT2D eigenvalue weighted by Crippen LogP contribution is -2.36. The van der Waals surface area contributed by atoms with E-state index in [0.717, 1.165) is 25.0 Å². The van der Waals surface area contributed by atoms with Gasteiger partial charge in [0.05, 0.1) is 11.4 Å². The molecule has 0 saturated heterocycles. The second-order valence-electron chi connectivity index (χ2n) is 7.97. The Morgan fingerprint density at radius 3 is 2.46 bits per heavy atom. The first-order chi connectivity index (χ1) is 13.3. The molecule has 0 spiro atoms. The summed E-state index contributed by atoms with van der Waals surface area (Å²) in [6.07, 6.45) is 3.19. The van der Waals surface area contributed by atoms with Crippen LogP contribution in [0.15, 0.2) is 24.3 Å². The highest BCUT2D eigenvalue weighted by molar-refractivity contribution is 5.93. The minimum Gasteiger partial charge on any atom is -0.507 e. The van der Waals surface area contributed by atoms with Gasteiger partial charge in [-0.05, 0) is 51.0 Å². The topological polar surface area (TPSA) is 96.3 Å². The van der Waals surface area contributed by atoms with Gasteiger partial charge >= 0.3 is 6.03 Å². The van der Waals surface area contributed by atoms with Gasteiger partial charge in [0, 0.05) is 29.1 Å². The van der Waals surface area contributed by atoms with E-state index in [2.05, 4.69) is 15.7 Å². The molecule has 0 unspecified atom stereocenters. The van der Waals surface area contributed by atoms with Gasteiger partial charge in [-0.25, -0.2) is 4.79 Å². The van der Waals surface area contributed by atoms with E-state index < -0.39 is 0 Å². The Bertz CT molecular complexity index is 882. The first-order valence-electron chi connectivity index (χ1n) is 9.81. The van der Waals surface area contributed by atoms with Gasteiger partial charge in [0.15, 0.2) is 0 Å². The smallest absolute Gasteiger partial charge is 0.342 e. The second-order valence-corrected chi connectivity index (χ2v) is 7.97. The van der Waals surface area contributed by atoms with Crippen LogP contribution in [0.3, 0.4) is 0 Å². The monoisotopic (exact) mass is 384 g/mol. The summed E-state index contributed by atoms with van der Waals surface area (Å²) in [4.78, 5) is 24.6. The molecule has 3 rings (SSSR count). The van der Waals surface area contributed by atoms with Crippen LogP contribution in [-0.2, 0) is 4.79 Å². The number of hydrogen-bond acceptors (Lipinski definition) is 4. The third-order valence-corrected chi connectivity index (χ3v) is 4.93. The molecule has 1 saturated carbocycles. The van der Waals surface area contributed by atoms with Crippen molar-refractivity contribution in [1.82, 2.24) is 15.1 Å². The van der Waals surface area contributed by atoms with Crippen molar-refractivity contribution in [3.63, 3.8) is 0 Å². The highest BCUT2D eigenvalue weighted by atomic mass is 16.3. The second kappa shape index (κ2) is 8.04. The van der Waals surface area contributed by atoms with Crippen LogP contribution in [0.1, 0.15) is 58.6 Å². The first kappa shape index (κ1) is 19.9. The molecule has 28 heavy (non-hydrogen) atoms. The number of carbonyl (C=O) groups is 2. The van der Waals surface area contributed by atoms with E-state index in [0.29, 0.717) is 22.9 Å². The summed E-state index contributed by atoms with van der Waals surface area (Å²) in [6, 6.07) is 6.46. The first-order valence-corrected chi connectivity index (χ1v) is 9.81. The highest BCUT2D eigenvalue weighted by Crippen LogP contribution is 2.39. The number of amides is 2. The molecule has 1 aliphatic rings. The van der Waals surface area contributed by atoms with E-state index in [-0.39, 0.29) is 29.6 Å². The van der Waals surface area contributed by atoms with Gasteiger partial charge in [-0.15, -0.1) is 0 Å². The van der Waals surface area contributed by atoms with Crippen molar-refractivity contribution in [3.8, 4) is 17.0 Å². The number of rotatable bonds is 5. The molecule has 1 aromatic carbocycles. The van der Waals surface area contributed by atoms with E-state index in [4.69, 9.17) is 0 Å². The van der Waals surface area contributed by atoms with Crippen LogP contribution < -0.4 is 10.6 Å². The Labute approximate surface area is 165 Å². The number of anilines is 1. The summed E-state index contributed by atoms with van der Waals surface area (Å²) in [6.45, 7) is 7.43. The predicted molar refractivity (Wildman–Crippen MR) is 108 cm³/mol. The number of hydrogen-bond donors (Lipinski definition) is 3. The molecular weight excluding hydrogens is 356 g/mol. The Kier molecular flexibility index (Phi) is 5.72. The van der Waals surface area contributed by atoms with E-state index in [9.17, 15) is 14.7 Å². The Morgan fingerprint density at radius 2 is 1.89 bits per heavy atom. The lowest BCUT2D eigenvalue weighted by atomic mass is 9.82. The molecule has 3 N–H and O–H groups in total. The number of phenols is 1. The van der Waals surface area contributed by atoms with Crippen LogP contribution in [0.4, 0.5) is 10.5 Å². The fourth-order valence-electron chi connectivity index (χ4n) is 3.10. The summed E-state index contributed by atoms with van der Waals surface area (Å²) in [5.41, 5.74) is 2.44. The molecule has 1 heterocycles. The molecule has 0 radical (unpaired) electrons. The highest BCUT2D eigenvalue weighted by Gasteiger charge is 2.28. The third-order valence-electron chi connectivity index (χ3n) is 4.93. The van der Waals surface area contributed by atoms with E-state index in [1.165, 1.54) is 10.7 Å². The van der Waals surface area contributed by atoms with Gasteiger partial charge in [-0.1, -0.05) is 20.3 Å². The molecule has 0 bridgehead atoms. The normalized spacial score (nSPS) is 14.2. The van der Waals surface area contributed by atoms with Crippen molar-refractivity contribution in [2.75, 3.05) is 5.32 Å². The number of nitrogens with zero attached hydrogens (tertiary/aromatic N) is 2. The van der Waals surface area contributed by atoms with Crippen molar-refractivity contribution in [3.05, 3.63) is 30.0 Å². The fourth-order valence-corrected chi connectivity index (χ4v) is 3.10. The van der Waals surface area contributed by atoms with Crippen LogP contribution >= 0.6 is 0 Å². The maximum Gasteiger partial charge on any atom is 0.342 e. The number of phenolic OH excluding ortho intramolecular Hbond substituents is 1. The molecule has 0 aliphatic heterocycles. The average molecular weight is 384 g/mol. The molecule has 1 fully saturated rings. The van der Waals surface area contributed by atoms with E-state index in [1.807, 2.05) is 33.8 Å². The maximum atomic E-state index is 12.6. The molecule has 2 aromatic rings. The minimum absolute atomic E-state index is 0.00244. The number of aromatic nitrogens is 2. The lowest BCUT2D eigenvalue weighted by Gasteiger charge is -2.25. The third kappa shape index (κ3) is 4.18. The van der Waals surface area contributed by atoms with Gasteiger partial charge in [-0.2, -0.15) is 9.78 Å². The van der Waals surface area contributed by atoms with Gasteiger partial charge in [0.1, 0.15) is 5.75 Å². The summed E-state index contributed by atoms with van der Waals surface area (Å²) in [5.74, 6) is 0.0943. The minimum atomic E-state index is -0.271. The predicted octanol–water partition coefficient (Wildman–Crippen LogP) is 4.08. The maximum absolute atomic E-state index is 12.6. The largest absolute Gasteiger partial charge is 0.507 e. The van der Waals surface area contributed by atoms with Crippen molar-refractivity contribution in [2.24, 2.45) is 5.92 Å². The number of aromatic hydroxyl groups is 1. The Hall–Kier alpha value is -2.83. The molecule has 7 nitrogen and oxygen atoms in total. The van der Waals surface area contributed by atoms with Gasteiger partial charge in [-0.3, -0.25) is 4.79 Å². The quantitative estimate of drug-likeness (QED) is 0.677. The summed E-state index contributed by atoms with van der Waals surface area (Å²) in [7, 11) is 0. The van der Waals surface area contributed by atoms with E-state index in [1.54, 1.807) is 12.1 Å². The van der Waals surface area contributed by atoms with Gasteiger partial charge in [0.25, 0.3) is 0 Å². The zero-order chi connectivity index (χ0) is 20.4. The lowest BCUT2D eigenvalue weighted by molar-refractivity contribution is -0.118. The summed E-state index contributed by atoms with van der Waals surface area (Å²) >= 11 is 0. The molecular formula is C21H28N4O3. The van der Waals surface area contributed by atoms with Crippen molar-refractivity contribution < 1.29 is 14.7 Å². The number of carbonyl (C=O) groups excluding carboxylic acids is 2. The molecule has 1 aliphatic carbocycles. The van der Waals surface area contributed by atoms with Gasteiger partial charge < -0.3 is 15.7 Å². The number of benzene rings is 1. The molecule has 1 aromatic heterocycles. The van der Waals surface area contributed by atoms with Crippen molar-refractivity contribution >= 4 is 17.6 Å². The van der Waals surface area contributed by atoms with Crippen molar-refractivity contribution in [2.45, 2.75) is 58.9 Å². The van der Waals surface area contributed by atoms with Crippen LogP contribution in [0.5, 0.6) is 5.75 Å². The van der Waals surface area contributed by atoms with Crippen LogP contribution in [-0.4, -0.2) is 32.9 Å². The summed E-state index contributed by atoms with van der Waals surface area (Å²) < 4.78 is 1.41. The summed E-state index contributed by atoms with van der Waals surface area (Å²) in [5, 5.41) is 20.6. The zero-order valence-electron chi connectivity index (χ0n) is 16.8. The van der Waals surface area contributed by atoms with Gasteiger partial charge in [0.2, 0.25) is 5.91 Å².